The van der Waals surface area contributed by atoms with Crippen molar-refractivity contribution in [3.63, 3.8) is 0 Å². The van der Waals surface area contributed by atoms with Crippen LogP contribution in [0.25, 0.3) is 0 Å². The van der Waals surface area contributed by atoms with Crippen molar-refractivity contribution in [2.24, 2.45) is 0 Å². The Morgan fingerprint density at radius 2 is 1.75 bits per heavy atom. The normalized spacial score (nSPS) is 13.2. The maximum absolute atomic E-state index is 12.4. The van der Waals surface area contributed by atoms with Gasteiger partial charge < -0.3 is 5.11 Å². The van der Waals surface area contributed by atoms with E-state index in [1.165, 1.54) is 12.1 Å². The summed E-state index contributed by atoms with van der Waals surface area (Å²) in [5.74, 6) is 0. The van der Waals surface area contributed by atoms with Crippen LogP contribution in [0, 0.1) is 0 Å². The molecule has 0 bridgehead atoms. The molecule has 1 aromatic carbocycles. The Kier molecular flexibility index (Phi) is 6.79. The smallest absolute Gasteiger partial charge is 0.393 e. The molecule has 0 amide bonds. The van der Waals surface area contributed by atoms with Crippen molar-refractivity contribution in [1.29, 1.82) is 0 Å². The van der Waals surface area contributed by atoms with Crippen LogP contribution in [0.5, 0.6) is 0 Å². The average molecular weight is 286 g/mol. The van der Waals surface area contributed by atoms with E-state index in [0.717, 1.165) is 43.4 Å². The molecule has 0 saturated carbocycles. The van der Waals surface area contributed by atoms with Gasteiger partial charge in [-0.3, -0.25) is 0 Å². The summed E-state index contributed by atoms with van der Waals surface area (Å²) in [6.45, 7) is 3.64. The van der Waals surface area contributed by atoms with Gasteiger partial charge in [-0.1, -0.05) is 31.1 Å². The third-order valence-corrected chi connectivity index (χ3v) is 3.20. The number of aliphatic hydroxyl groups is 1. The molecule has 1 unspecified atom stereocenters. The Labute approximate surface area is 118 Å². The maximum atomic E-state index is 12.4. The molecule has 112 valence electrons. The number of aliphatic hydroxyl groups excluding tert-OH is 1. The zero-order valence-corrected chi connectivity index (χ0v) is 11.5. The van der Waals surface area contributed by atoms with E-state index >= 15 is 0 Å². The standard InChI is InChI=1S/C16H21F3O/c1-2-3-4-5-6-7-15(20)12-13-8-10-14(11-9-13)16(17,18)19/h2,8-11,15,20H,1,3-7,12H2. The monoisotopic (exact) mass is 286 g/mol. The van der Waals surface area contributed by atoms with Crippen LogP contribution in [0.4, 0.5) is 13.2 Å². The summed E-state index contributed by atoms with van der Waals surface area (Å²) >= 11 is 0. The van der Waals surface area contributed by atoms with E-state index in [1.54, 1.807) is 0 Å². The molecule has 0 aliphatic heterocycles. The van der Waals surface area contributed by atoms with Crippen LogP contribution in [0.1, 0.15) is 43.2 Å². The summed E-state index contributed by atoms with van der Waals surface area (Å²) in [5.41, 5.74) is 0.0803. The molecule has 1 rings (SSSR count). The summed E-state index contributed by atoms with van der Waals surface area (Å²) in [4.78, 5) is 0. The van der Waals surface area contributed by atoms with Gasteiger partial charge in [-0.15, -0.1) is 6.58 Å². The van der Waals surface area contributed by atoms with Crippen molar-refractivity contribution in [3.05, 3.63) is 48.0 Å². The molecule has 0 heterocycles. The van der Waals surface area contributed by atoms with E-state index in [4.69, 9.17) is 0 Å². The van der Waals surface area contributed by atoms with Gasteiger partial charge in [-0.2, -0.15) is 13.2 Å². The quantitative estimate of drug-likeness (QED) is 0.540. The van der Waals surface area contributed by atoms with E-state index in [9.17, 15) is 18.3 Å². The largest absolute Gasteiger partial charge is 0.416 e. The molecule has 0 fully saturated rings. The van der Waals surface area contributed by atoms with Gasteiger partial charge in [-0.05, 0) is 43.4 Å². The maximum Gasteiger partial charge on any atom is 0.416 e. The van der Waals surface area contributed by atoms with E-state index in [0.29, 0.717) is 12.8 Å². The number of hydrogen-bond acceptors (Lipinski definition) is 1. The number of alkyl halides is 3. The minimum atomic E-state index is -4.30. The van der Waals surface area contributed by atoms with Crippen molar-refractivity contribution in [3.8, 4) is 0 Å². The molecule has 1 atom stereocenters. The van der Waals surface area contributed by atoms with Gasteiger partial charge in [0, 0.05) is 0 Å². The van der Waals surface area contributed by atoms with Gasteiger partial charge in [0.2, 0.25) is 0 Å². The number of hydrogen-bond donors (Lipinski definition) is 1. The SMILES string of the molecule is C=CCCCCCC(O)Cc1ccc(C(F)(F)F)cc1. The summed E-state index contributed by atoms with van der Waals surface area (Å²) in [7, 11) is 0. The van der Waals surface area contributed by atoms with Crippen molar-refractivity contribution < 1.29 is 18.3 Å². The minimum Gasteiger partial charge on any atom is -0.393 e. The lowest BCUT2D eigenvalue weighted by Gasteiger charge is -2.11. The topological polar surface area (TPSA) is 20.2 Å². The van der Waals surface area contributed by atoms with Crippen LogP contribution < -0.4 is 0 Å². The fourth-order valence-corrected chi connectivity index (χ4v) is 2.05. The molecule has 0 aliphatic carbocycles. The first-order valence-electron chi connectivity index (χ1n) is 6.88. The van der Waals surface area contributed by atoms with Gasteiger partial charge in [-0.25, -0.2) is 0 Å². The lowest BCUT2D eigenvalue weighted by Crippen LogP contribution is -2.11. The highest BCUT2D eigenvalue weighted by Gasteiger charge is 2.29. The first-order chi connectivity index (χ1) is 9.43. The van der Waals surface area contributed by atoms with Gasteiger partial charge in [0.15, 0.2) is 0 Å². The second-order valence-electron chi connectivity index (χ2n) is 4.98. The average Bonchev–Trinajstić information content (AvgIpc) is 2.38. The molecule has 1 aromatic rings. The molecule has 0 aliphatic rings. The Morgan fingerprint density at radius 1 is 1.10 bits per heavy atom. The Bertz CT molecular complexity index is 395. The van der Waals surface area contributed by atoms with Crippen molar-refractivity contribution in [2.75, 3.05) is 0 Å². The Morgan fingerprint density at radius 3 is 2.30 bits per heavy atom. The highest BCUT2D eigenvalue weighted by atomic mass is 19.4. The molecule has 0 aromatic heterocycles. The Hall–Kier alpha value is -1.29. The van der Waals surface area contributed by atoms with Gasteiger partial charge in [0.05, 0.1) is 11.7 Å². The number of unbranched alkanes of at least 4 members (excludes halogenated alkanes) is 3. The molecule has 1 N–H and O–H groups in total. The Balaban J connectivity index is 2.35. The highest BCUT2D eigenvalue weighted by molar-refractivity contribution is 5.25. The first-order valence-corrected chi connectivity index (χ1v) is 6.88. The minimum absolute atomic E-state index is 0.402. The van der Waals surface area contributed by atoms with Gasteiger partial charge in [0.1, 0.15) is 0 Å². The zero-order chi connectivity index (χ0) is 15.0. The molecule has 20 heavy (non-hydrogen) atoms. The fourth-order valence-electron chi connectivity index (χ4n) is 2.05. The van der Waals surface area contributed by atoms with E-state index in [1.807, 2.05) is 6.08 Å². The highest BCUT2D eigenvalue weighted by Crippen LogP contribution is 2.29. The lowest BCUT2D eigenvalue weighted by atomic mass is 10.0. The van der Waals surface area contributed by atoms with E-state index in [-0.39, 0.29) is 0 Å². The third kappa shape index (κ3) is 6.24. The van der Waals surface area contributed by atoms with Crippen molar-refractivity contribution in [2.45, 2.75) is 50.8 Å². The zero-order valence-electron chi connectivity index (χ0n) is 11.5. The molecule has 0 spiro atoms. The molecule has 0 radical (unpaired) electrons. The van der Waals surface area contributed by atoms with Crippen LogP contribution >= 0.6 is 0 Å². The predicted octanol–water partition coefficient (Wildman–Crippen LogP) is 4.75. The number of allylic oxidation sites excluding steroid dienone is 1. The van der Waals surface area contributed by atoms with Crippen LogP contribution in [0.2, 0.25) is 0 Å². The second-order valence-corrected chi connectivity index (χ2v) is 4.98. The summed E-state index contributed by atoms with van der Waals surface area (Å²) < 4.78 is 37.2. The molecular weight excluding hydrogens is 265 g/mol. The van der Waals surface area contributed by atoms with Crippen molar-refractivity contribution in [1.82, 2.24) is 0 Å². The summed E-state index contributed by atoms with van der Waals surface area (Å²) in [6, 6.07) is 4.99. The predicted molar refractivity (Wildman–Crippen MR) is 74.4 cm³/mol. The second kappa shape index (κ2) is 8.10. The van der Waals surface area contributed by atoms with Crippen molar-refractivity contribution >= 4 is 0 Å². The fraction of sp³-hybridized carbons (Fsp3) is 0.500. The number of benzene rings is 1. The van der Waals surface area contributed by atoms with Gasteiger partial charge in [0.25, 0.3) is 0 Å². The number of rotatable bonds is 8. The summed E-state index contributed by atoms with van der Waals surface area (Å²) in [5, 5.41) is 9.85. The van der Waals surface area contributed by atoms with Gasteiger partial charge >= 0.3 is 6.18 Å². The molecule has 1 nitrogen and oxygen atoms in total. The molecule has 0 saturated heterocycles. The third-order valence-electron chi connectivity index (χ3n) is 3.20. The van der Waals surface area contributed by atoms with Crippen LogP contribution in [-0.2, 0) is 12.6 Å². The first kappa shape index (κ1) is 16.8. The van der Waals surface area contributed by atoms with Crippen LogP contribution in [0.15, 0.2) is 36.9 Å². The number of halogens is 3. The summed E-state index contributed by atoms with van der Waals surface area (Å²) in [6.07, 6.45) is 2.17. The van der Waals surface area contributed by atoms with Crippen LogP contribution in [-0.4, -0.2) is 11.2 Å². The molecular formula is C16H21F3O. The van der Waals surface area contributed by atoms with E-state index < -0.39 is 17.8 Å². The molecule has 4 heteroatoms. The van der Waals surface area contributed by atoms with E-state index in [2.05, 4.69) is 6.58 Å². The van der Waals surface area contributed by atoms with Crippen LogP contribution in [0.3, 0.4) is 0 Å². The lowest BCUT2D eigenvalue weighted by molar-refractivity contribution is -0.137.